The number of likely N-dealkylation sites (tertiary alicyclic amines) is 1. The van der Waals surface area contributed by atoms with Crippen LogP contribution < -0.4 is 19.5 Å². The number of nitrogens with one attached hydrogen (secondary N) is 1. The van der Waals surface area contributed by atoms with Gasteiger partial charge in [-0.05, 0) is 18.2 Å². The van der Waals surface area contributed by atoms with Gasteiger partial charge in [0.25, 0.3) is 0 Å². The summed E-state index contributed by atoms with van der Waals surface area (Å²) in [6.07, 6.45) is -2.78. The Hall–Kier alpha value is -3.17. The van der Waals surface area contributed by atoms with Crippen LogP contribution in [0.25, 0.3) is 0 Å². The second-order valence-corrected chi connectivity index (χ2v) is 6.69. The fraction of sp³-hybridized carbons (Fsp3) is 0.368. The Morgan fingerprint density at radius 2 is 1.90 bits per heavy atom. The Balaban J connectivity index is 1.27. The van der Waals surface area contributed by atoms with Gasteiger partial charge in [-0.3, -0.25) is 0 Å². The number of fused-ring (bicyclic) bond motifs is 1. The van der Waals surface area contributed by atoms with Gasteiger partial charge in [0.2, 0.25) is 12.7 Å². The molecule has 1 saturated heterocycles. The molecule has 2 amide bonds. The number of benzene rings is 1. The molecule has 29 heavy (non-hydrogen) atoms. The number of hydrogen-bond acceptors (Lipinski definition) is 5. The number of carbonyl (C=O) groups is 1. The lowest BCUT2D eigenvalue weighted by atomic mass is 10.1. The molecule has 2 aromatic rings. The second kappa shape index (κ2) is 7.69. The molecule has 0 spiro atoms. The minimum absolute atomic E-state index is 0.140. The van der Waals surface area contributed by atoms with E-state index in [0.717, 1.165) is 12.3 Å². The molecular formula is C19H18F3N3O4. The molecule has 1 N–H and O–H groups in total. The van der Waals surface area contributed by atoms with Crippen LogP contribution >= 0.6 is 0 Å². The minimum atomic E-state index is -4.43. The first-order chi connectivity index (χ1) is 13.9. The monoisotopic (exact) mass is 409 g/mol. The lowest BCUT2D eigenvalue weighted by molar-refractivity contribution is -0.137. The number of rotatable bonds is 3. The van der Waals surface area contributed by atoms with Gasteiger partial charge in [-0.15, -0.1) is 0 Å². The highest BCUT2D eigenvalue weighted by atomic mass is 19.4. The predicted octanol–water partition coefficient (Wildman–Crippen LogP) is 3.90. The Kier molecular flexibility index (Phi) is 5.08. The highest BCUT2D eigenvalue weighted by Gasteiger charge is 2.31. The number of alkyl halides is 3. The molecule has 2 aliphatic heterocycles. The maximum Gasteiger partial charge on any atom is 0.417 e. The third-order valence-electron chi connectivity index (χ3n) is 4.70. The molecule has 1 aromatic heterocycles. The number of halogens is 3. The summed E-state index contributed by atoms with van der Waals surface area (Å²) in [4.78, 5) is 17.8. The molecule has 3 heterocycles. The van der Waals surface area contributed by atoms with E-state index in [1.807, 2.05) is 0 Å². The number of pyridine rings is 1. The number of ether oxygens (including phenoxy) is 3. The van der Waals surface area contributed by atoms with Crippen LogP contribution in [0.1, 0.15) is 18.4 Å². The van der Waals surface area contributed by atoms with Crippen molar-refractivity contribution in [2.75, 3.05) is 25.2 Å². The van der Waals surface area contributed by atoms with Gasteiger partial charge >= 0.3 is 12.2 Å². The number of nitrogens with zero attached hydrogens (tertiary/aromatic N) is 2. The van der Waals surface area contributed by atoms with Gasteiger partial charge < -0.3 is 24.4 Å². The molecule has 1 fully saturated rings. The molecule has 1 aromatic carbocycles. The average molecular weight is 409 g/mol. The van der Waals surface area contributed by atoms with E-state index in [-0.39, 0.29) is 24.8 Å². The lowest BCUT2D eigenvalue weighted by Crippen LogP contribution is -2.43. The molecule has 0 atom stereocenters. The largest absolute Gasteiger partial charge is 0.474 e. The lowest BCUT2D eigenvalue weighted by Gasteiger charge is -2.32. The van der Waals surface area contributed by atoms with Crippen molar-refractivity contribution in [3.63, 3.8) is 0 Å². The van der Waals surface area contributed by atoms with Gasteiger partial charge in [0.1, 0.15) is 6.10 Å². The molecule has 10 heteroatoms. The Labute approximate surface area is 164 Å². The average Bonchev–Trinajstić information content (AvgIpc) is 3.16. The smallest absolute Gasteiger partial charge is 0.417 e. The summed E-state index contributed by atoms with van der Waals surface area (Å²) in [5.41, 5.74) is -0.216. The van der Waals surface area contributed by atoms with Crippen molar-refractivity contribution >= 4 is 11.7 Å². The van der Waals surface area contributed by atoms with Crippen LogP contribution in [0.2, 0.25) is 0 Å². The van der Waals surface area contributed by atoms with Crippen molar-refractivity contribution < 1.29 is 32.2 Å². The normalized spacial score (nSPS) is 16.6. The van der Waals surface area contributed by atoms with Gasteiger partial charge in [0.05, 0.1) is 5.56 Å². The fourth-order valence-corrected chi connectivity index (χ4v) is 3.14. The Morgan fingerprint density at radius 1 is 1.14 bits per heavy atom. The molecule has 0 radical (unpaired) electrons. The minimum Gasteiger partial charge on any atom is -0.474 e. The van der Waals surface area contributed by atoms with E-state index >= 15 is 0 Å². The van der Waals surface area contributed by atoms with Crippen LogP contribution in [-0.2, 0) is 6.18 Å². The van der Waals surface area contributed by atoms with E-state index in [1.165, 1.54) is 6.07 Å². The van der Waals surface area contributed by atoms with Crippen molar-refractivity contribution in [1.29, 1.82) is 0 Å². The number of carbonyl (C=O) groups excluding carboxylic acids is 1. The third-order valence-corrected chi connectivity index (χ3v) is 4.70. The van der Waals surface area contributed by atoms with Gasteiger partial charge in [-0.25, -0.2) is 9.78 Å². The number of hydrogen-bond donors (Lipinski definition) is 1. The van der Waals surface area contributed by atoms with Gasteiger partial charge in [-0.2, -0.15) is 13.2 Å². The topological polar surface area (TPSA) is 72.9 Å². The summed E-state index contributed by atoms with van der Waals surface area (Å²) < 4.78 is 53.9. The quantitative estimate of drug-likeness (QED) is 0.832. The van der Waals surface area contributed by atoms with Crippen molar-refractivity contribution in [2.24, 2.45) is 0 Å². The highest BCUT2D eigenvalue weighted by Crippen LogP contribution is 2.34. The standard InChI is InChI=1S/C19H18F3N3O4/c20-19(21,22)12-1-4-17(23-10-12)29-14-5-7-25(8-6-14)18(26)24-13-2-3-15-16(9-13)28-11-27-15/h1-4,9-10,14H,5-8,11H2,(H,24,26). The predicted molar refractivity (Wildman–Crippen MR) is 96.0 cm³/mol. The summed E-state index contributed by atoms with van der Waals surface area (Å²) in [5, 5.41) is 2.82. The zero-order valence-electron chi connectivity index (χ0n) is 15.2. The molecule has 7 nitrogen and oxygen atoms in total. The van der Waals surface area contributed by atoms with E-state index in [2.05, 4.69) is 10.3 Å². The molecule has 2 aliphatic rings. The van der Waals surface area contributed by atoms with E-state index in [0.29, 0.717) is 43.1 Å². The Morgan fingerprint density at radius 3 is 2.59 bits per heavy atom. The van der Waals surface area contributed by atoms with E-state index in [1.54, 1.807) is 23.1 Å². The molecule has 4 rings (SSSR count). The van der Waals surface area contributed by atoms with Gasteiger partial charge in [-0.1, -0.05) is 0 Å². The van der Waals surface area contributed by atoms with Crippen LogP contribution in [0, 0.1) is 0 Å². The van der Waals surface area contributed by atoms with Gasteiger partial charge in [0.15, 0.2) is 11.5 Å². The van der Waals surface area contributed by atoms with Crippen LogP contribution in [0.3, 0.4) is 0 Å². The summed E-state index contributed by atoms with van der Waals surface area (Å²) in [7, 11) is 0. The molecule has 154 valence electrons. The van der Waals surface area contributed by atoms with Crippen molar-refractivity contribution in [2.45, 2.75) is 25.1 Å². The van der Waals surface area contributed by atoms with Crippen molar-refractivity contribution in [3.05, 3.63) is 42.1 Å². The maximum absolute atomic E-state index is 12.6. The molecule has 0 bridgehead atoms. The number of urea groups is 1. The number of piperidine rings is 1. The molecule has 0 aliphatic carbocycles. The number of aromatic nitrogens is 1. The summed E-state index contributed by atoms with van der Waals surface area (Å²) in [5.74, 6) is 1.36. The molecule has 0 saturated carbocycles. The Bertz CT molecular complexity index is 881. The zero-order chi connectivity index (χ0) is 20.4. The number of anilines is 1. The SMILES string of the molecule is O=C(Nc1ccc2c(c1)OCO2)N1CCC(Oc2ccc(C(F)(F)F)cn2)CC1. The van der Waals surface area contributed by atoms with Crippen LogP contribution in [0.5, 0.6) is 17.4 Å². The second-order valence-electron chi connectivity index (χ2n) is 6.69. The van der Waals surface area contributed by atoms with Crippen LogP contribution in [-0.4, -0.2) is 41.9 Å². The van der Waals surface area contributed by atoms with E-state index in [9.17, 15) is 18.0 Å². The summed E-state index contributed by atoms with van der Waals surface area (Å²) >= 11 is 0. The van der Waals surface area contributed by atoms with Crippen molar-refractivity contribution in [1.82, 2.24) is 9.88 Å². The first kappa shape index (κ1) is 19.2. The highest BCUT2D eigenvalue weighted by molar-refractivity contribution is 5.89. The maximum atomic E-state index is 12.6. The van der Waals surface area contributed by atoms with Crippen LogP contribution in [0.4, 0.5) is 23.7 Å². The summed E-state index contributed by atoms with van der Waals surface area (Å²) in [6.45, 7) is 1.08. The molecule has 0 unspecified atom stereocenters. The first-order valence-electron chi connectivity index (χ1n) is 9.04. The third kappa shape index (κ3) is 4.47. The number of amides is 2. The van der Waals surface area contributed by atoms with E-state index < -0.39 is 11.7 Å². The van der Waals surface area contributed by atoms with Gasteiger partial charge in [0, 0.05) is 49.9 Å². The summed E-state index contributed by atoms with van der Waals surface area (Å²) in [6, 6.07) is 7.08. The molecular weight excluding hydrogens is 391 g/mol. The van der Waals surface area contributed by atoms with E-state index in [4.69, 9.17) is 14.2 Å². The first-order valence-corrected chi connectivity index (χ1v) is 9.04. The fourth-order valence-electron chi connectivity index (χ4n) is 3.14. The van der Waals surface area contributed by atoms with Crippen LogP contribution in [0.15, 0.2) is 36.5 Å². The zero-order valence-corrected chi connectivity index (χ0v) is 15.2. The van der Waals surface area contributed by atoms with Crippen molar-refractivity contribution in [3.8, 4) is 17.4 Å².